The Morgan fingerprint density at radius 3 is 2.52 bits per heavy atom. The fraction of sp³-hybridized carbons (Fsp3) is 0.533. The van der Waals surface area contributed by atoms with Crippen LogP contribution in [0.4, 0.5) is 0 Å². The SMILES string of the molecule is COCCNC(=O)C(CCSC)NS(=O)(=O)c1ccc(C)cc1. The minimum Gasteiger partial charge on any atom is -0.383 e. The highest BCUT2D eigenvalue weighted by Crippen LogP contribution is 2.12. The van der Waals surface area contributed by atoms with E-state index in [2.05, 4.69) is 10.0 Å². The van der Waals surface area contributed by atoms with Crippen molar-refractivity contribution in [2.24, 2.45) is 0 Å². The predicted octanol–water partition coefficient (Wildman–Crippen LogP) is 1.16. The van der Waals surface area contributed by atoms with Gasteiger partial charge in [-0.15, -0.1) is 0 Å². The van der Waals surface area contributed by atoms with Crippen LogP contribution in [0.1, 0.15) is 12.0 Å². The second kappa shape index (κ2) is 9.92. The lowest BCUT2D eigenvalue weighted by Crippen LogP contribution is -2.47. The molecule has 23 heavy (non-hydrogen) atoms. The summed E-state index contributed by atoms with van der Waals surface area (Å²) in [5.41, 5.74) is 0.972. The summed E-state index contributed by atoms with van der Waals surface area (Å²) in [4.78, 5) is 12.3. The van der Waals surface area contributed by atoms with Gasteiger partial charge in [0.15, 0.2) is 0 Å². The van der Waals surface area contributed by atoms with E-state index in [1.54, 1.807) is 23.9 Å². The number of methoxy groups -OCH3 is 1. The van der Waals surface area contributed by atoms with Crippen molar-refractivity contribution < 1.29 is 17.9 Å². The monoisotopic (exact) mass is 360 g/mol. The third-order valence-corrected chi connectivity index (χ3v) is 5.29. The predicted molar refractivity (Wildman–Crippen MR) is 93.2 cm³/mol. The first kappa shape index (κ1) is 20.0. The minimum absolute atomic E-state index is 0.155. The van der Waals surface area contributed by atoms with Crippen LogP contribution < -0.4 is 10.0 Å². The molecule has 130 valence electrons. The Bertz CT molecular complexity index is 588. The number of aryl methyl sites for hydroxylation is 1. The highest BCUT2D eigenvalue weighted by atomic mass is 32.2. The smallest absolute Gasteiger partial charge is 0.241 e. The first-order chi connectivity index (χ1) is 10.9. The summed E-state index contributed by atoms with van der Waals surface area (Å²) in [6.07, 6.45) is 2.33. The number of sulfonamides is 1. The van der Waals surface area contributed by atoms with Gasteiger partial charge in [0.05, 0.1) is 11.5 Å². The molecule has 0 spiro atoms. The van der Waals surface area contributed by atoms with E-state index in [-0.39, 0.29) is 10.8 Å². The van der Waals surface area contributed by atoms with E-state index in [9.17, 15) is 13.2 Å². The highest BCUT2D eigenvalue weighted by molar-refractivity contribution is 7.98. The van der Waals surface area contributed by atoms with Gasteiger partial charge < -0.3 is 10.1 Å². The van der Waals surface area contributed by atoms with E-state index in [4.69, 9.17) is 4.74 Å². The van der Waals surface area contributed by atoms with E-state index in [1.807, 2.05) is 13.2 Å². The van der Waals surface area contributed by atoms with Gasteiger partial charge in [0.1, 0.15) is 6.04 Å². The molecule has 8 heteroatoms. The lowest BCUT2D eigenvalue weighted by Gasteiger charge is -2.18. The number of carbonyl (C=O) groups is 1. The van der Waals surface area contributed by atoms with Gasteiger partial charge in [-0.05, 0) is 37.5 Å². The summed E-state index contributed by atoms with van der Waals surface area (Å²) in [5, 5.41) is 2.68. The van der Waals surface area contributed by atoms with Crippen molar-refractivity contribution in [3.63, 3.8) is 0 Å². The van der Waals surface area contributed by atoms with Crippen LogP contribution in [0.15, 0.2) is 29.2 Å². The Labute approximate surface area is 142 Å². The molecule has 1 aromatic carbocycles. The van der Waals surface area contributed by atoms with Crippen LogP contribution in [0, 0.1) is 6.92 Å². The molecule has 0 bridgehead atoms. The average Bonchev–Trinajstić information content (AvgIpc) is 2.52. The third kappa shape index (κ3) is 6.90. The first-order valence-electron chi connectivity index (χ1n) is 7.25. The van der Waals surface area contributed by atoms with Crippen molar-refractivity contribution >= 4 is 27.7 Å². The zero-order valence-corrected chi connectivity index (χ0v) is 15.3. The van der Waals surface area contributed by atoms with E-state index >= 15 is 0 Å². The van der Waals surface area contributed by atoms with E-state index in [0.29, 0.717) is 25.3 Å². The van der Waals surface area contributed by atoms with Crippen molar-refractivity contribution in [1.82, 2.24) is 10.0 Å². The molecular formula is C15H24N2O4S2. The molecule has 0 aromatic heterocycles. The number of hydrogen-bond donors (Lipinski definition) is 2. The van der Waals surface area contributed by atoms with Gasteiger partial charge in [-0.2, -0.15) is 16.5 Å². The molecule has 0 saturated carbocycles. The quantitative estimate of drug-likeness (QED) is 0.612. The molecule has 0 aliphatic rings. The second-order valence-corrected chi connectivity index (χ2v) is 7.75. The van der Waals surface area contributed by atoms with Crippen molar-refractivity contribution in [1.29, 1.82) is 0 Å². The average molecular weight is 361 g/mol. The normalized spacial score (nSPS) is 12.8. The van der Waals surface area contributed by atoms with E-state index < -0.39 is 16.1 Å². The van der Waals surface area contributed by atoms with Gasteiger partial charge in [-0.1, -0.05) is 17.7 Å². The van der Waals surface area contributed by atoms with Gasteiger partial charge in [-0.3, -0.25) is 4.79 Å². The minimum atomic E-state index is -3.73. The molecular weight excluding hydrogens is 336 g/mol. The maximum absolute atomic E-state index is 12.4. The van der Waals surface area contributed by atoms with Crippen molar-refractivity contribution in [3.05, 3.63) is 29.8 Å². The lowest BCUT2D eigenvalue weighted by atomic mass is 10.2. The van der Waals surface area contributed by atoms with Gasteiger partial charge in [-0.25, -0.2) is 8.42 Å². The molecule has 6 nitrogen and oxygen atoms in total. The van der Waals surface area contributed by atoms with Crippen LogP contribution in [0.5, 0.6) is 0 Å². The fourth-order valence-electron chi connectivity index (χ4n) is 1.85. The van der Waals surface area contributed by atoms with Crippen LogP contribution in [-0.2, 0) is 19.6 Å². The maximum atomic E-state index is 12.4. The molecule has 1 atom stereocenters. The highest BCUT2D eigenvalue weighted by Gasteiger charge is 2.25. The lowest BCUT2D eigenvalue weighted by molar-refractivity contribution is -0.122. The number of hydrogen-bond acceptors (Lipinski definition) is 5. The topological polar surface area (TPSA) is 84.5 Å². The molecule has 0 fully saturated rings. The van der Waals surface area contributed by atoms with Crippen LogP contribution in [0.25, 0.3) is 0 Å². The Kier molecular flexibility index (Phi) is 8.60. The number of carbonyl (C=O) groups excluding carboxylic acids is 1. The van der Waals surface area contributed by atoms with Crippen LogP contribution in [0.2, 0.25) is 0 Å². The number of thioether (sulfide) groups is 1. The van der Waals surface area contributed by atoms with Crippen LogP contribution >= 0.6 is 11.8 Å². The zero-order valence-electron chi connectivity index (χ0n) is 13.7. The zero-order chi connectivity index (χ0) is 17.3. The van der Waals surface area contributed by atoms with Crippen molar-refractivity contribution in [3.8, 4) is 0 Å². The van der Waals surface area contributed by atoms with E-state index in [0.717, 1.165) is 5.56 Å². The molecule has 1 amide bonds. The summed E-state index contributed by atoms with van der Waals surface area (Å²) >= 11 is 1.56. The van der Waals surface area contributed by atoms with Gasteiger partial charge in [0.25, 0.3) is 0 Å². The number of nitrogens with one attached hydrogen (secondary N) is 2. The van der Waals surface area contributed by atoms with Gasteiger partial charge in [0.2, 0.25) is 15.9 Å². The molecule has 0 heterocycles. The van der Waals surface area contributed by atoms with Crippen molar-refractivity contribution in [2.45, 2.75) is 24.3 Å². The Morgan fingerprint density at radius 1 is 1.30 bits per heavy atom. The fourth-order valence-corrected chi connectivity index (χ4v) is 3.55. The molecule has 1 aromatic rings. The third-order valence-electron chi connectivity index (χ3n) is 3.16. The van der Waals surface area contributed by atoms with E-state index in [1.165, 1.54) is 19.2 Å². The second-order valence-electron chi connectivity index (χ2n) is 5.05. The molecule has 0 aliphatic heterocycles. The number of rotatable bonds is 10. The van der Waals surface area contributed by atoms with Crippen molar-refractivity contribution in [2.75, 3.05) is 32.3 Å². The summed E-state index contributed by atoms with van der Waals surface area (Å²) in [5.74, 6) is 0.338. The Balaban J connectivity index is 2.81. The number of benzene rings is 1. The summed E-state index contributed by atoms with van der Waals surface area (Å²) < 4.78 is 32.2. The first-order valence-corrected chi connectivity index (χ1v) is 10.1. The van der Waals surface area contributed by atoms with Gasteiger partial charge in [0, 0.05) is 13.7 Å². The molecule has 0 radical (unpaired) electrons. The van der Waals surface area contributed by atoms with Crippen LogP contribution in [-0.4, -0.2) is 52.6 Å². The summed E-state index contributed by atoms with van der Waals surface area (Å²) in [6, 6.07) is 5.72. The Morgan fingerprint density at radius 2 is 1.96 bits per heavy atom. The molecule has 0 saturated heterocycles. The molecule has 1 rings (SSSR count). The Hall–Kier alpha value is -1.09. The molecule has 0 aliphatic carbocycles. The molecule has 2 N–H and O–H groups in total. The van der Waals surface area contributed by atoms with Gasteiger partial charge >= 0.3 is 0 Å². The summed E-state index contributed by atoms with van der Waals surface area (Å²) in [6.45, 7) is 2.61. The molecule has 1 unspecified atom stereocenters. The van der Waals surface area contributed by atoms with Crippen LogP contribution in [0.3, 0.4) is 0 Å². The number of amides is 1. The largest absolute Gasteiger partial charge is 0.383 e. The summed E-state index contributed by atoms with van der Waals surface area (Å²) in [7, 11) is -2.19. The number of ether oxygens (including phenoxy) is 1. The standard InChI is InChI=1S/C15H24N2O4S2/c1-12-4-6-13(7-5-12)23(19,20)17-14(8-11-22-3)15(18)16-9-10-21-2/h4-7,14,17H,8-11H2,1-3H3,(H,16,18). The maximum Gasteiger partial charge on any atom is 0.241 e.